The molecular weight excluding hydrogens is 261 g/mol. The molecular formula is C15H18FNO3. The molecule has 1 atom stereocenters. The number of carboxylic acids is 1. The Labute approximate surface area is 117 Å². The molecule has 1 aliphatic heterocycles. The van der Waals surface area contributed by atoms with Crippen molar-refractivity contribution >= 4 is 11.9 Å². The summed E-state index contributed by atoms with van der Waals surface area (Å²) < 4.78 is 13.2. The fraction of sp³-hybridized carbons (Fsp3) is 0.467. The summed E-state index contributed by atoms with van der Waals surface area (Å²) in [6.45, 7) is 0.611. The van der Waals surface area contributed by atoms with E-state index in [0.717, 1.165) is 19.3 Å². The third kappa shape index (κ3) is 3.56. The predicted molar refractivity (Wildman–Crippen MR) is 71.9 cm³/mol. The molecule has 0 bridgehead atoms. The van der Waals surface area contributed by atoms with E-state index in [-0.39, 0.29) is 18.4 Å². The lowest BCUT2D eigenvalue weighted by molar-refractivity contribution is -0.137. The lowest BCUT2D eigenvalue weighted by atomic mass is 9.97. The highest BCUT2D eigenvalue weighted by Crippen LogP contribution is 2.23. The van der Waals surface area contributed by atoms with Gasteiger partial charge in [-0.3, -0.25) is 9.59 Å². The molecule has 0 spiro atoms. The van der Waals surface area contributed by atoms with E-state index in [1.807, 2.05) is 0 Å². The molecule has 1 unspecified atom stereocenters. The first-order chi connectivity index (χ1) is 9.58. The SMILES string of the molecule is O=C(O)CCC1CCCCN1C(=O)c1cccc(F)c1. The number of piperidine rings is 1. The van der Waals surface area contributed by atoms with Crippen LogP contribution < -0.4 is 0 Å². The van der Waals surface area contributed by atoms with Gasteiger partial charge in [-0.2, -0.15) is 0 Å². The Morgan fingerprint density at radius 1 is 1.35 bits per heavy atom. The first-order valence-corrected chi connectivity index (χ1v) is 6.86. The number of carbonyl (C=O) groups excluding carboxylic acids is 1. The van der Waals surface area contributed by atoms with Crippen LogP contribution in [-0.4, -0.2) is 34.5 Å². The Morgan fingerprint density at radius 3 is 2.85 bits per heavy atom. The number of carbonyl (C=O) groups is 2. The van der Waals surface area contributed by atoms with Crippen LogP contribution in [0.1, 0.15) is 42.5 Å². The Bertz CT molecular complexity index is 504. The van der Waals surface area contributed by atoms with Gasteiger partial charge in [0, 0.05) is 24.6 Å². The number of benzene rings is 1. The van der Waals surface area contributed by atoms with Crippen LogP contribution in [0, 0.1) is 5.82 Å². The van der Waals surface area contributed by atoms with Gasteiger partial charge in [0.05, 0.1) is 0 Å². The van der Waals surface area contributed by atoms with E-state index < -0.39 is 11.8 Å². The third-order valence-corrected chi connectivity index (χ3v) is 3.65. The molecule has 1 N–H and O–H groups in total. The summed E-state index contributed by atoms with van der Waals surface area (Å²) in [6, 6.07) is 5.57. The molecule has 1 fully saturated rings. The highest BCUT2D eigenvalue weighted by molar-refractivity contribution is 5.94. The normalized spacial score (nSPS) is 18.9. The molecule has 1 amide bonds. The molecule has 0 radical (unpaired) electrons. The summed E-state index contributed by atoms with van der Waals surface area (Å²) >= 11 is 0. The fourth-order valence-electron chi connectivity index (χ4n) is 2.65. The van der Waals surface area contributed by atoms with Crippen molar-refractivity contribution in [2.24, 2.45) is 0 Å². The zero-order valence-electron chi connectivity index (χ0n) is 11.2. The second-order valence-corrected chi connectivity index (χ2v) is 5.09. The molecule has 1 aromatic rings. The van der Waals surface area contributed by atoms with Crippen LogP contribution in [0.3, 0.4) is 0 Å². The van der Waals surface area contributed by atoms with Crippen molar-refractivity contribution in [3.8, 4) is 0 Å². The van der Waals surface area contributed by atoms with Crippen molar-refractivity contribution in [2.45, 2.75) is 38.1 Å². The summed E-state index contributed by atoms with van der Waals surface area (Å²) in [5.41, 5.74) is 0.326. The van der Waals surface area contributed by atoms with Gasteiger partial charge in [0.1, 0.15) is 5.82 Å². The van der Waals surface area contributed by atoms with Crippen molar-refractivity contribution in [1.82, 2.24) is 4.90 Å². The van der Waals surface area contributed by atoms with Gasteiger partial charge < -0.3 is 10.0 Å². The number of likely N-dealkylation sites (tertiary alicyclic amines) is 1. The maximum absolute atomic E-state index is 13.2. The average molecular weight is 279 g/mol. The summed E-state index contributed by atoms with van der Waals surface area (Å²) in [6.07, 6.45) is 3.23. The molecule has 1 heterocycles. The molecule has 0 aliphatic carbocycles. The van der Waals surface area contributed by atoms with E-state index >= 15 is 0 Å². The van der Waals surface area contributed by atoms with Gasteiger partial charge in [-0.05, 0) is 43.9 Å². The van der Waals surface area contributed by atoms with Gasteiger partial charge in [-0.25, -0.2) is 4.39 Å². The Morgan fingerprint density at radius 2 is 2.15 bits per heavy atom. The van der Waals surface area contributed by atoms with Crippen LogP contribution in [0.5, 0.6) is 0 Å². The minimum Gasteiger partial charge on any atom is -0.481 e. The molecule has 0 aromatic heterocycles. The molecule has 1 saturated heterocycles. The largest absolute Gasteiger partial charge is 0.481 e. The van der Waals surface area contributed by atoms with Crippen molar-refractivity contribution in [1.29, 1.82) is 0 Å². The van der Waals surface area contributed by atoms with Gasteiger partial charge in [0.25, 0.3) is 5.91 Å². The van der Waals surface area contributed by atoms with Crippen molar-refractivity contribution in [2.75, 3.05) is 6.54 Å². The summed E-state index contributed by atoms with van der Waals surface area (Å²) in [5, 5.41) is 8.77. The number of hydrogen-bond donors (Lipinski definition) is 1. The molecule has 0 saturated carbocycles. The van der Waals surface area contributed by atoms with E-state index in [0.29, 0.717) is 18.5 Å². The molecule has 2 rings (SSSR count). The highest BCUT2D eigenvalue weighted by atomic mass is 19.1. The van der Waals surface area contributed by atoms with Crippen LogP contribution in [0.4, 0.5) is 4.39 Å². The molecule has 1 aliphatic rings. The fourth-order valence-corrected chi connectivity index (χ4v) is 2.65. The summed E-state index contributed by atoms with van der Waals surface area (Å²) in [5.74, 6) is -1.50. The number of amides is 1. The third-order valence-electron chi connectivity index (χ3n) is 3.65. The number of nitrogens with zero attached hydrogens (tertiary/aromatic N) is 1. The lowest BCUT2D eigenvalue weighted by Gasteiger charge is -2.35. The number of halogens is 1. The maximum Gasteiger partial charge on any atom is 0.303 e. The summed E-state index contributed by atoms with van der Waals surface area (Å²) in [7, 11) is 0. The van der Waals surface area contributed by atoms with Crippen LogP contribution >= 0.6 is 0 Å². The van der Waals surface area contributed by atoms with Crippen molar-refractivity contribution < 1.29 is 19.1 Å². The standard InChI is InChI=1S/C15H18FNO3/c16-12-5-3-4-11(10-12)15(20)17-9-2-1-6-13(17)7-8-14(18)19/h3-5,10,13H,1-2,6-9H2,(H,18,19). The Hall–Kier alpha value is -1.91. The topological polar surface area (TPSA) is 57.6 Å². The second-order valence-electron chi connectivity index (χ2n) is 5.09. The van der Waals surface area contributed by atoms with Crippen molar-refractivity contribution in [3.05, 3.63) is 35.6 Å². The number of aliphatic carboxylic acids is 1. The maximum atomic E-state index is 13.2. The minimum atomic E-state index is -0.853. The van der Waals surface area contributed by atoms with Crippen LogP contribution in [0.25, 0.3) is 0 Å². The van der Waals surface area contributed by atoms with E-state index in [4.69, 9.17) is 5.11 Å². The van der Waals surface area contributed by atoms with Crippen LogP contribution in [0.2, 0.25) is 0 Å². The van der Waals surface area contributed by atoms with Gasteiger partial charge in [0.2, 0.25) is 0 Å². The quantitative estimate of drug-likeness (QED) is 0.922. The number of hydrogen-bond acceptors (Lipinski definition) is 2. The first-order valence-electron chi connectivity index (χ1n) is 6.86. The summed E-state index contributed by atoms with van der Waals surface area (Å²) in [4.78, 5) is 24.8. The van der Waals surface area contributed by atoms with E-state index in [2.05, 4.69) is 0 Å². The van der Waals surface area contributed by atoms with E-state index in [1.54, 1.807) is 11.0 Å². The minimum absolute atomic E-state index is 0.0532. The molecule has 20 heavy (non-hydrogen) atoms. The van der Waals surface area contributed by atoms with Gasteiger partial charge in [0.15, 0.2) is 0 Å². The zero-order valence-corrected chi connectivity index (χ0v) is 11.2. The number of carboxylic acid groups (broad SMARTS) is 1. The van der Waals surface area contributed by atoms with E-state index in [9.17, 15) is 14.0 Å². The number of rotatable bonds is 4. The van der Waals surface area contributed by atoms with Gasteiger partial charge in [-0.1, -0.05) is 6.07 Å². The first kappa shape index (κ1) is 14.5. The second kappa shape index (κ2) is 6.50. The van der Waals surface area contributed by atoms with Gasteiger partial charge in [-0.15, -0.1) is 0 Å². The molecule has 4 nitrogen and oxygen atoms in total. The molecule has 1 aromatic carbocycles. The lowest BCUT2D eigenvalue weighted by Crippen LogP contribution is -2.44. The highest BCUT2D eigenvalue weighted by Gasteiger charge is 2.27. The van der Waals surface area contributed by atoms with Gasteiger partial charge >= 0.3 is 5.97 Å². The molecule has 108 valence electrons. The van der Waals surface area contributed by atoms with Crippen LogP contribution in [0.15, 0.2) is 24.3 Å². The zero-order chi connectivity index (χ0) is 14.5. The van der Waals surface area contributed by atoms with Crippen molar-refractivity contribution in [3.63, 3.8) is 0 Å². The van der Waals surface area contributed by atoms with E-state index in [1.165, 1.54) is 18.2 Å². The Kier molecular flexibility index (Phi) is 4.71. The monoisotopic (exact) mass is 279 g/mol. The molecule has 5 heteroatoms. The van der Waals surface area contributed by atoms with Crippen LogP contribution in [-0.2, 0) is 4.79 Å². The smallest absolute Gasteiger partial charge is 0.303 e. The average Bonchev–Trinajstić information content (AvgIpc) is 2.44. The predicted octanol–water partition coefficient (Wildman–Crippen LogP) is 2.69. The Balaban J connectivity index is 2.10.